The molecule has 0 bridgehead atoms. The summed E-state index contributed by atoms with van der Waals surface area (Å²) in [5.41, 5.74) is 0. The van der Waals surface area contributed by atoms with Crippen LogP contribution in [0, 0.1) is 0 Å². The molecule has 1 aliphatic heterocycles. The molecule has 0 spiro atoms. The smallest absolute Gasteiger partial charge is 0.123 e. The Morgan fingerprint density at radius 2 is 2.33 bits per heavy atom. The highest BCUT2D eigenvalue weighted by molar-refractivity contribution is 5.44. The lowest BCUT2D eigenvalue weighted by Crippen LogP contribution is -2.03. The van der Waals surface area contributed by atoms with E-state index in [1.807, 2.05) is 6.07 Å². The Bertz CT molecular complexity index is 307. The summed E-state index contributed by atoms with van der Waals surface area (Å²) in [7, 11) is 0. The van der Waals surface area contributed by atoms with E-state index in [0.29, 0.717) is 12.4 Å². The molecule has 0 aliphatic carbocycles. The van der Waals surface area contributed by atoms with Gasteiger partial charge in [0, 0.05) is 6.07 Å². The summed E-state index contributed by atoms with van der Waals surface area (Å²) in [6.45, 7) is 2.81. The van der Waals surface area contributed by atoms with Crippen LogP contribution in [0.15, 0.2) is 24.3 Å². The third-order valence-corrected chi connectivity index (χ3v) is 1.66. The van der Waals surface area contributed by atoms with Crippen LogP contribution in [0.4, 0.5) is 0 Å². The lowest BCUT2D eigenvalue weighted by Gasteiger charge is -2.03. The van der Waals surface area contributed by atoms with Gasteiger partial charge in [-0.25, -0.2) is 0 Å². The first-order chi connectivity index (χ1) is 7.26. The van der Waals surface area contributed by atoms with Crippen LogP contribution in [0.3, 0.4) is 0 Å². The maximum absolute atomic E-state index is 9.08. The predicted molar refractivity (Wildman–Crippen MR) is 55.1 cm³/mol. The number of hydrogen-bond donors (Lipinski definition) is 1. The van der Waals surface area contributed by atoms with Crippen molar-refractivity contribution < 1.29 is 19.4 Å². The lowest BCUT2D eigenvalue weighted by atomic mass is 10.3. The summed E-state index contributed by atoms with van der Waals surface area (Å²) in [6.07, 6.45) is 1.01. The van der Waals surface area contributed by atoms with Crippen molar-refractivity contribution >= 4 is 6.29 Å². The number of rotatable bonds is 3. The minimum atomic E-state index is 0.226. The van der Waals surface area contributed by atoms with Gasteiger partial charge in [0.25, 0.3) is 0 Å². The average molecular weight is 210 g/mol. The minimum Gasteiger partial charge on any atom is -0.508 e. The highest BCUT2D eigenvalue weighted by Gasteiger charge is 2.22. The Kier molecular flexibility index (Phi) is 4.63. The summed E-state index contributed by atoms with van der Waals surface area (Å²) in [6, 6.07) is 6.75. The molecule has 1 aromatic carbocycles. The average Bonchev–Trinajstić information content (AvgIpc) is 2.99. The highest BCUT2D eigenvalue weighted by atomic mass is 16.6. The molecule has 1 atom stereocenters. The molecule has 1 fully saturated rings. The van der Waals surface area contributed by atoms with Gasteiger partial charge in [-0.15, -0.1) is 0 Å². The van der Waals surface area contributed by atoms with Gasteiger partial charge in [0.1, 0.15) is 30.5 Å². The van der Waals surface area contributed by atoms with Crippen molar-refractivity contribution in [2.24, 2.45) is 0 Å². The molecule has 4 nitrogen and oxygen atoms in total. The van der Waals surface area contributed by atoms with Gasteiger partial charge >= 0.3 is 0 Å². The molecule has 1 N–H and O–H groups in total. The topological polar surface area (TPSA) is 59.1 Å². The van der Waals surface area contributed by atoms with Crippen LogP contribution in [-0.4, -0.2) is 30.7 Å². The van der Waals surface area contributed by atoms with Crippen molar-refractivity contribution in [3.63, 3.8) is 0 Å². The Morgan fingerprint density at radius 3 is 2.87 bits per heavy atom. The number of benzene rings is 1. The van der Waals surface area contributed by atoms with Crippen molar-refractivity contribution in [1.29, 1.82) is 0 Å². The van der Waals surface area contributed by atoms with Gasteiger partial charge in [-0.2, -0.15) is 0 Å². The fourth-order valence-corrected chi connectivity index (χ4v) is 0.927. The van der Waals surface area contributed by atoms with Crippen molar-refractivity contribution in [3.8, 4) is 11.5 Å². The summed E-state index contributed by atoms with van der Waals surface area (Å²) in [4.78, 5) is 8.81. The number of carbonyl (C=O) groups is 1. The molecule has 1 aromatic rings. The van der Waals surface area contributed by atoms with Crippen molar-refractivity contribution in [3.05, 3.63) is 24.3 Å². The normalized spacial score (nSPS) is 17.3. The van der Waals surface area contributed by atoms with E-state index in [1.165, 1.54) is 6.92 Å². The number of hydrogen-bond acceptors (Lipinski definition) is 4. The molecule has 82 valence electrons. The zero-order valence-corrected chi connectivity index (χ0v) is 8.55. The van der Waals surface area contributed by atoms with Crippen LogP contribution in [0.2, 0.25) is 0 Å². The van der Waals surface area contributed by atoms with Crippen molar-refractivity contribution in [2.45, 2.75) is 13.0 Å². The van der Waals surface area contributed by atoms with E-state index in [2.05, 4.69) is 0 Å². The van der Waals surface area contributed by atoms with Crippen LogP contribution in [0.1, 0.15) is 6.92 Å². The molecule has 4 heteroatoms. The maximum Gasteiger partial charge on any atom is 0.123 e. The van der Waals surface area contributed by atoms with E-state index in [4.69, 9.17) is 19.4 Å². The maximum atomic E-state index is 9.08. The second-order valence-corrected chi connectivity index (χ2v) is 3.00. The zero-order valence-electron chi connectivity index (χ0n) is 8.55. The molecule has 2 rings (SSSR count). The van der Waals surface area contributed by atoms with Crippen molar-refractivity contribution in [1.82, 2.24) is 0 Å². The van der Waals surface area contributed by atoms with Gasteiger partial charge in [-0.05, 0) is 19.1 Å². The number of carbonyl (C=O) groups excluding carboxylic acids is 1. The van der Waals surface area contributed by atoms with E-state index < -0.39 is 0 Å². The third kappa shape index (κ3) is 5.02. The molecule has 1 aliphatic rings. The van der Waals surface area contributed by atoms with Gasteiger partial charge < -0.3 is 19.4 Å². The zero-order chi connectivity index (χ0) is 11.1. The van der Waals surface area contributed by atoms with Crippen LogP contribution < -0.4 is 4.74 Å². The predicted octanol–water partition coefficient (Wildman–Crippen LogP) is 1.37. The molecule has 15 heavy (non-hydrogen) atoms. The molecule has 0 saturated carbocycles. The van der Waals surface area contributed by atoms with Crippen LogP contribution in [-0.2, 0) is 9.53 Å². The van der Waals surface area contributed by atoms with Crippen molar-refractivity contribution in [2.75, 3.05) is 13.2 Å². The third-order valence-electron chi connectivity index (χ3n) is 1.66. The van der Waals surface area contributed by atoms with E-state index >= 15 is 0 Å². The van der Waals surface area contributed by atoms with Gasteiger partial charge in [0.15, 0.2) is 0 Å². The fraction of sp³-hybridized carbons (Fsp3) is 0.364. The van der Waals surface area contributed by atoms with Gasteiger partial charge in [0.2, 0.25) is 0 Å². The number of phenolic OH excluding ortho intramolecular Hbond substituents is 1. The van der Waals surface area contributed by atoms with E-state index in [0.717, 1.165) is 12.9 Å². The van der Waals surface area contributed by atoms with E-state index in [9.17, 15) is 0 Å². The summed E-state index contributed by atoms with van der Waals surface area (Å²) >= 11 is 0. The minimum absolute atomic E-state index is 0.226. The molecule has 0 radical (unpaired) electrons. The first kappa shape index (κ1) is 11.5. The van der Waals surface area contributed by atoms with Crippen LogP contribution >= 0.6 is 0 Å². The quantitative estimate of drug-likeness (QED) is 0.604. The summed E-state index contributed by atoms with van der Waals surface area (Å²) < 4.78 is 10.3. The number of aldehydes is 1. The largest absolute Gasteiger partial charge is 0.508 e. The second kappa shape index (κ2) is 6.03. The molecule has 0 amide bonds. The monoisotopic (exact) mass is 210 g/mol. The number of phenols is 1. The Morgan fingerprint density at radius 1 is 1.67 bits per heavy atom. The summed E-state index contributed by atoms with van der Waals surface area (Å²) in [5.74, 6) is 0.912. The van der Waals surface area contributed by atoms with Gasteiger partial charge in [0.05, 0.1) is 6.61 Å². The van der Waals surface area contributed by atoms with E-state index in [-0.39, 0.29) is 11.9 Å². The molecule has 0 aromatic heterocycles. The molecular formula is C11H14O4. The standard InChI is InChI=1S/C9H10O3.C2H4O/c10-7-2-1-3-8(4-7)11-5-9-6-12-9;1-2-3/h1-4,9-10H,5-6H2;2H,1H3. The molecule has 1 heterocycles. The van der Waals surface area contributed by atoms with Crippen LogP contribution in [0.25, 0.3) is 0 Å². The number of aromatic hydroxyl groups is 1. The van der Waals surface area contributed by atoms with Crippen LogP contribution in [0.5, 0.6) is 11.5 Å². The van der Waals surface area contributed by atoms with Gasteiger partial charge in [-0.1, -0.05) is 6.07 Å². The molecular weight excluding hydrogens is 196 g/mol. The Hall–Kier alpha value is -1.55. The van der Waals surface area contributed by atoms with Gasteiger partial charge in [-0.3, -0.25) is 0 Å². The number of ether oxygens (including phenoxy) is 2. The fourth-order valence-electron chi connectivity index (χ4n) is 0.927. The first-order valence-electron chi connectivity index (χ1n) is 4.69. The summed E-state index contributed by atoms with van der Waals surface area (Å²) in [5, 5.41) is 9.08. The second-order valence-electron chi connectivity index (χ2n) is 3.00. The SMILES string of the molecule is CC=O.Oc1cccc(OCC2CO2)c1. The Labute approximate surface area is 88.4 Å². The molecule has 1 saturated heterocycles. The Balaban J connectivity index is 0.000000337. The number of epoxide rings is 1. The van der Waals surface area contributed by atoms with E-state index in [1.54, 1.807) is 18.2 Å². The molecule has 1 unspecified atom stereocenters. The highest BCUT2D eigenvalue weighted by Crippen LogP contribution is 2.19. The first-order valence-corrected chi connectivity index (χ1v) is 4.69. The lowest BCUT2D eigenvalue weighted by molar-refractivity contribution is -0.106.